The van der Waals surface area contributed by atoms with Crippen LogP contribution in [0.3, 0.4) is 0 Å². The summed E-state index contributed by atoms with van der Waals surface area (Å²) in [5.41, 5.74) is 3.74. The van der Waals surface area contributed by atoms with Crippen LogP contribution in [0.4, 0.5) is 0 Å². The molecule has 9 aromatic carbocycles. The van der Waals surface area contributed by atoms with E-state index in [1.807, 2.05) is 19.2 Å². The van der Waals surface area contributed by atoms with Crippen LogP contribution in [0.1, 0.15) is 17.0 Å². The molecule has 0 unspecified atom stereocenters. The zero-order valence-electron chi connectivity index (χ0n) is 29.4. The summed E-state index contributed by atoms with van der Waals surface area (Å²) in [6.07, 6.45) is 1.91. The number of benzene rings is 9. The SMILES string of the molecule is Cc1ccc2c3ccccc3c3ccccc3c2c1.Cc1cccc2c3ccccc3c3ccccc3c12.Cc1ncc2sc3ccccc3c2n1. The van der Waals surface area contributed by atoms with E-state index in [9.17, 15) is 0 Å². The van der Waals surface area contributed by atoms with Gasteiger partial charge < -0.3 is 0 Å². The molecule has 0 aliphatic carbocycles. The fourth-order valence-electron chi connectivity index (χ4n) is 7.76. The van der Waals surface area contributed by atoms with Crippen molar-refractivity contribution < 1.29 is 0 Å². The lowest BCUT2D eigenvalue weighted by atomic mass is 9.92. The highest BCUT2D eigenvalue weighted by Crippen LogP contribution is 2.37. The molecule has 0 atom stereocenters. The highest BCUT2D eigenvalue weighted by Gasteiger charge is 2.10. The molecule has 0 saturated heterocycles. The Balaban J connectivity index is 0.000000105. The first-order valence-electron chi connectivity index (χ1n) is 17.7. The summed E-state index contributed by atoms with van der Waals surface area (Å²) in [5, 5.41) is 17.4. The summed E-state index contributed by atoms with van der Waals surface area (Å²) in [4.78, 5) is 8.66. The predicted octanol–water partition coefficient (Wildman–Crippen LogP) is 14.1. The van der Waals surface area contributed by atoms with Gasteiger partial charge in [0.15, 0.2) is 0 Å². The Morgan fingerprint density at radius 3 is 1.40 bits per heavy atom. The molecule has 0 saturated carbocycles. The molecule has 248 valence electrons. The van der Waals surface area contributed by atoms with Gasteiger partial charge in [0.25, 0.3) is 0 Å². The maximum absolute atomic E-state index is 4.46. The number of thiophene rings is 1. The highest BCUT2D eigenvalue weighted by atomic mass is 32.1. The monoisotopic (exact) mass is 684 g/mol. The van der Waals surface area contributed by atoms with Gasteiger partial charge in [0.2, 0.25) is 0 Å². The van der Waals surface area contributed by atoms with E-state index >= 15 is 0 Å². The van der Waals surface area contributed by atoms with Crippen LogP contribution < -0.4 is 0 Å². The first-order chi connectivity index (χ1) is 25.5. The lowest BCUT2D eigenvalue weighted by molar-refractivity contribution is 1.10. The Morgan fingerprint density at radius 1 is 0.385 bits per heavy atom. The highest BCUT2D eigenvalue weighted by molar-refractivity contribution is 7.25. The van der Waals surface area contributed by atoms with Gasteiger partial charge in [-0.25, -0.2) is 9.97 Å². The molecule has 0 fully saturated rings. The topological polar surface area (TPSA) is 25.8 Å². The fraction of sp³-hybridized carbons (Fsp3) is 0.0612. The van der Waals surface area contributed by atoms with Crippen LogP contribution in [0.15, 0.2) is 164 Å². The molecule has 0 aliphatic rings. The first kappa shape index (κ1) is 31.8. The van der Waals surface area contributed by atoms with Gasteiger partial charge in [0.1, 0.15) is 5.82 Å². The minimum Gasteiger partial charge on any atom is -0.240 e. The zero-order valence-corrected chi connectivity index (χ0v) is 30.2. The van der Waals surface area contributed by atoms with Crippen LogP contribution in [0.5, 0.6) is 0 Å². The smallest absolute Gasteiger partial charge is 0.125 e. The first-order valence-corrected chi connectivity index (χ1v) is 18.6. The average Bonchev–Trinajstić information content (AvgIpc) is 3.56. The van der Waals surface area contributed by atoms with Gasteiger partial charge >= 0.3 is 0 Å². The van der Waals surface area contributed by atoms with Crippen molar-refractivity contribution in [3.05, 3.63) is 181 Å². The van der Waals surface area contributed by atoms with Crippen molar-refractivity contribution in [3.63, 3.8) is 0 Å². The second kappa shape index (κ2) is 13.2. The van der Waals surface area contributed by atoms with E-state index in [1.54, 1.807) is 11.3 Å². The van der Waals surface area contributed by atoms with Crippen LogP contribution in [-0.2, 0) is 0 Å². The normalized spacial score (nSPS) is 11.4. The third kappa shape index (κ3) is 5.51. The summed E-state index contributed by atoms with van der Waals surface area (Å²) in [7, 11) is 0. The fourth-order valence-corrected chi connectivity index (χ4v) is 8.77. The molecule has 0 N–H and O–H groups in total. The summed E-state index contributed by atoms with van der Waals surface area (Å²) >= 11 is 1.75. The van der Waals surface area contributed by atoms with Crippen molar-refractivity contribution >= 4 is 96.3 Å². The quantitative estimate of drug-likeness (QED) is 0.149. The van der Waals surface area contributed by atoms with E-state index in [0.29, 0.717) is 0 Å². The number of rotatable bonds is 0. The second-order valence-electron chi connectivity index (χ2n) is 13.5. The molecule has 11 rings (SSSR count). The van der Waals surface area contributed by atoms with Crippen molar-refractivity contribution in [3.8, 4) is 0 Å². The molecular weight excluding hydrogens is 649 g/mol. The Morgan fingerprint density at radius 2 is 0.827 bits per heavy atom. The summed E-state index contributed by atoms with van der Waals surface area (Å²) < 4.78 is 2.44. The maximum atomic E-state index is 4.46. The molecule has 0 spiro atoms. The number of aromatic nitrogens is 2. The molecule has 0 aliphatic heterocycles. The van der Waals surface area contributed by atoms with Gasteiger partial charge in [-0.1, -0.05) is 157 Å². The lowest BCUT2D eigenvalue weighted by Gasteiger charge is -2.11. The Labute approximate surface area is 306 Å². The Hall–Kier alpha value is -6.16. The molecular formula is C49H36N2S. The molecule has 3 heteroatoms. The molecule has 2 nitrogen and oxygen atoms in total. The van der Waals surface area contributed by atoms with Crippen LogP contribution >= 0.6 is 11.3 Å². The Bertz CT molecular complexity index is 2980. The van der Waals surface area contributed by atoms with Crippen molar-refractivity contribution in [1.82, 2.24) is 9.97 Å². The van der Waals surface area contributed by atoms with Crippen molar-refractivity contribution in [2.75, 3.05) is 0 Å². The number of hydrogen-bond donors (Lipinski definition) is 0. The Kier molecular flexibility index (Phi) is 8.06. The van der Waals surface area contributed by atoms with E-state index in [2.05, 4.69) is 175 Å². The molecule has 0 radical (unpaired) electrons. The largest absolute Gasteiger partial charge is 0.240 e. The summed E-state index contributed by atoms with van der Waals surface area (Å²) in [6.45, 7) is 6.28. The zero-order chi connectivity index (χ0) is 35.2. The third-order valence-corrected chi connectivity index (χ3v) is 11.2. The summed E-state index contributed by atoms with van der Waals surface area (Å²) in [5.74, 6) is 0.834. The van der Waals surface area contributed by atoms with Gasteiger partial charge in [-0.15, -0.1) is 11.3 Å². The van der Waals surface area contributed by atoms with Crippen LogP contribution in [-0.4, -0.2) is 9.97 Å². The standard InChI is InChI=1S/2C19H14.C11H8N2S/c1-13-7-6-12-18-16-9-3-2-8-14(16)15-10-4-5-11-17(15)19(13)18;1-13-10-11-18-16-8-3-2-6-14(16)15-7-4-5-9-17(15)19(18)12-13;1-7-12-6-10-11(13-7)8-4-2-3-5-9(8)14-10/h2*2-12H,1H3;2-6H,1H3. The van der Waals surface area contributed by atoms with Crippen LogP contribution in [0.2, 0.25) is 0 Å². The number of nitrogens with zero attached hydrogens (tertiary/aromatic N) is 2. The minimum atomic E-state index is 0.834. The van der Waals surface area contributed by atoms with Crippen molar-refractivity contribution in [2.24, 2.45) is 0 Å². The van der Waals surface area contributed by atoms with Gasteiger partial charge in [0.05, 0.1) is 10.2 Å². The van der Waals surface area contributed by atoms with E-state index in [0.717, 1.165) is 16.0 Å². The van der Waals surface area contributed by atoms with Crippen LogP contribution in [0.25, 0.3) is 84.9 Å². The second-order valence-corrected chi connectivity index (χ2v) is 14.5. The lowest BCUT2D eigenvalue weighted by Crippen LogP contribution is -1.85. The van der Waals surface area contributed by atoms with Crippen molar-refractivity contribution in [1.29, 1.82) is 0 Å². The van der Waals surface area contributed by atoms with E-state index in [4.69, 9.17) is 0 Å². The van der Waals surface area contributed by atoms with Crippen LogP contribution in [0, 0.1) is 20.8 Å². The number of aryl methyl sites for hydroxylation is 3. The van der Waals surface area contributed by atoms with E-state index in [-0.39, 0.29) is 0 Å². The predicted molar refractivity (Wildman–Crippen MR) is 227 cm³/mol. The molecule has 11 aromatic rings. The third-order valence-electron chi connectivity index (χ3n) is 10.1. The average molecular weight is 685 g/mol. The maximum Gasteiger partial charge on any atom is 0.125 e. The minimum absolute atomic E-state index is 0.834. The molecule has 0 bridgehead atoms. The van der Waals surface area contributed by atoms with Gasteiger partial charge in [-0.05, 0) is 97.0 Å². The molecule has 2 aromatic heterocycles. The molecule has 52 heavy (non-hydrogen) atoms. The van der Waals surface area contributed by atoms with Gasteiger partial charge in [0, 0.05) is 16.3 Å². The summed E-state index contributed by atoms with van der Waals surface area (Å²) in [6, 6.07) is 56.4. The number of hydrogen-bond acceptors (Lipinski definition) is 3. The molecule has 0 amide bonds. The van der Waals surface area contributed by atoms with E-state index in [1.165, 1.54) is 85.8 Å². The van der Waals surface area contributed by atoms with Gasteiger partial charge in [-0.3, -0.25) is 0 Å². The number of fused-ring (bicyclic) bond motifs is 15. The van der Waals surface area contributed by atoms with E-state index < -0.39 is 0 Å². The molecule has 2 heterocycles. The van der Waals surface area contributed by atoms with Gasteiger partial charge in [-0.2, -0.15) is 0 Å². The van der Waals surface area contributed by atoms with Crippen molar-refractivity contribution in [2.45, 2.75) is 20.8 Å².